The third-order valence-corrected chi connectivity index (χ3v) is 7.19. The maximum atomic E-state index is 12.8. The molecule has 9 heteroatoms. The molecule has 0 aliphatic carbocycles. The van der Waals surface area contributed by atoms with Crippen LogP contribution in [0.2, 0.25) is 5.02 Å². The summed E-state index contributed by atoms with van der Waals surface area (Å²) in [6.07, 6.45) is 2.37. The second-order valence-corrected chi connectivity index (χ2v) is 10.1. The largest absolute Gasteiger partial charge is 0.489 e. The van der Waals surface area contributed by atoms with Gasteiger partial charge in [-0.2, -0.15) is 0 Å². The van der Waals surface area contributed by atoms with Gasteiger partial charge in [-0.1, -0.05) is 11.6 Å². The van der Waals surface area contributed by atoms with Crippen LogP contribution in [0.3, 0.4) is 0 Å². The molecular weight excluding hydrogens is 402 g/mol. The normalized spacial score (nSPS) is 23.0. The summed E-state index contributed by atoms with van der Waals surface area (Å²) in [7, 11) is -1.09. The molecule has 0 spiro atoms. The van der Waals surface area contributed by atoms with Crippen molar-refractivity contribution in [3.63, 3.8) is 0 Å². The Morgan fingerprint density at radius 3 is 2.43 bits per heavy atom. The van der Waals surface area contributed by atoms with Crippen LogP contribution >= 0.6 is 11.6 Å². The lowest BCUT2D eigenvalue weighted by molar-refractivity contribution is 0.0572. The van der Waals surface area contributed by atoms with Crippen LogP contribution < -0.4 is 4.74 Å². The van der Waals surface area contributed by atoms with Crippen molar-refractivity contribution in [3.8, 4) is 5.75 Å². The van der Waals surface area contributed by atoms with E-state index in [0.717, 1.165) is 6.54 Å². The quantitative estimate of drug-likeness (QED) is 0.731. The van der Waals surface area contributed by atoms with Crippen LogP contribution in [0.25, 0.3) is 0 Å². The maximum absolute atomic E-state index is 12.8. The molecule has 0 radical (unpaired) electrons. The predicted octanol–water partition coefficient (Wildman–Crippen LogP) is 1.92. The van der Waals surface area contributed by atoms with E-state index in [1.165, 1.54) is 10.6 Å². The van der Waals surface area contributed by atoms with Crippen LogP contribution in [0.4, 0.5) is 0 Å². The average molecular weight is 430 g/mol. The van der Waals surface area contributed by atoms with Crippen LogP contribution in [0.5, 0.6) is 5.75 Å². The van der Waals surface area contributed by atoms with Crippen LogP contribution in [-0.4, -0.2) is 86.6 Å². The molecular formula is C19H28ClN3O4S. The van der Waals surface area contributed by atoms with Gasteiger partial charge in [0.2, 0.25) is 10.0 Å². The highest BCUT2D eigenvalue weighted by molar-refractivity contribution is 7.88. The van der Waals surface area contributed by atoms with Gasteiger partial charge < -0.3 is 14.5 Å². The van der Waals surface area contributed by atoms with Gasteiger partial charge in [-0.25, -0.2) is 12.7 Å². The molecule has 1 atom stereocenters. The van der Waals surface area contributed by atoms with Gasteiger partial charge in [-0.05, 0) is 45.0 Å². The van der Waals surface area contributed by atoms with Gasteiger partial charge in [0.25, 0.3) is 5.91 Å². The van der Waals surface area contributed by atoms with Crippen LogP contribution in [0, 0.1) is 0 Å². The second-order valence-electron chi connectivity index (χ2n) is 7.71. The number of rotatable bonds is 4. The Hall–Kier alpha value is -1.35. The van der Waals surface area contributed by atoms with Gasteiger partial charge in [0, 0.05) is 44.3 Å². The first kappa shape index (κ1) is 21.4. The molecule has 2 aliphatic rings. The lowest BCUT2D eigenvalue weighted by Crippen LogP contribution is -2.52. The molecule has 3 rings (SSSR count). The number of likely N-dealkylation sites (N-methyl/N-ethyl adjacent to an activating group) is 1. The molecule has 2 heterocycles. The van der Waals surface area contributed by atoms with E-state index in [2.05, 4.69) is 18.9 Å². The first-order chi connectivity index (χ1) is 13.1. The Labute approximate surface area is 172 Å². The average Bonchev–Trinajstić information content (AvgIpc) is 2.65. The minimum atomic E-state index is -3.16. The first-order valence-electron chi connectivity index (χ1n) is 9.56. The van der Waals surface area contributed by atoms with Crippen LogP contribution in [0.1, 0.15) is 30.1 Å². The van der Waals surface area contributed by atoms with E-state index in [4.69, 9.17) is 16.3 Å². The van der Waals surface area contributed by atoms with E-state index < -0.39 is 10.0 Å². The van der Waals surface area contributed by atoms with Crippen LogP contribution in [-0.2, 0) is 10.0 Å². The topological polar surface area (TPSA) is 70.2 Å². The monoisotopic (exact) mass is 429 g/mol. The predicted molar refractivity (Wildman–Crippen MR) is 110 cm³/mol. The third kappa shape index (κ3) is 4.97. The molecule has 2 saturated heterocycles. The van der Waals surface area contributed by atoms with E-state index >= 15 is 0 Å². The summed E-state index contributed by atoms with van der Waals surface area (Å²) in [6.45, 7) is 5.25. The zero-order chi connectivity index (χ0) is 20.5. The van der Waals surface area contributed by atoms with Gasteiger partial charge in [-0.15, -0.1) is 0 Å². The minimum Gasteiger partial charge on any atom is -0.489 e. The van der Waals surface area contributed by atoms with Gasteiger partial charge in [-0.3, -0.25) is 4.79 Å². The van der Waals surface area contributed by atoms with Crippen molar-refractivity contribution >= 4 is 27.5 Å². The van der Waals surface area contributed by atoms with Crippen molar-refractivity contribution in [2.45, 2.75) is 31.9 Å². The molecule has 1 aromatic carbocycles. The number of sulfonamides is 1. The van der Waals surface area contributed by atoms with Crippen molar-refractivity contribution in [2.75, 3.05) is 46.0 Å². The molecule has 2 fully saturated rings. The number of halogens is 1. The maximum Gasteiger partial charge on any atom is 0.254 e. The number of carbonyl (C=O) groups excluding carboxylic acids is 1. The zero-order valence-electron chi connectivity index (χ0n) is 16.6. The molecule has 2 aliphatic heterocycles. The number of hydrogen-bond acceptors (Lipinski definition) is 5. The third-order valence-electron chi connectivity index (χ3n) is 5.59. The van der Waals surface area contributed by atoms with Gasteiger partial charge >= 0.3 is 0 Å². The first-order valence-corrected chi connectivity index (χ1v) is 11.8. The molecule has 7 nitrogen and oxygen atoms in total. The van der Waals surface area contributed by atoms with Crippen LogP contribution in [0.15, 0.2) is 18.2 Å². The smallest absolute Gasteiger partial charge is 0.254 e. The number of ether oxygens (including phenoxy) is 1. The Morgan fingerprint density at radius 1 is 1.18 bits per heavy atom. The number of piperidine rings is 1. The molecule has 1 unspecified atom stereocenters. The second kappa shape index (κ2) is 8.57. The van der Waals surface area contributed by atoms with Gasteiger partial charge in [0.05, 0.1) is 11.3 Å². The number of piperazine rings is 1. The van der Waals surface area contributed by atoms with Crippen molar-refractivity contribution in [1.82, 2.24) is 14.1 Å². The van der Waals surface area contributed by atoms with E-state index in [9.17, 15) is 13.2 Å². The molecule has 0 saturated carbocycles. The van der Waals surface area contributed by atoms with E-state index in [1.807, 2.05) is 4.90 Å². The minimum absolute atomic E-state index is 0.0186. The van der Waals surface area contributed by atoms with E-state index in [0.29, 0.717) is 61.4 Å². The van der Waals surface area contributed by atoms with Crippen molar-refractivity contribution in [2.24, 2.45) is 0 Å². The lowest BCUT2D eigenvalue weighted by Gasteiger charge is -2.37. The summed E-state index contributed by atoms with van der Waals surface area (Å²) in [5.74, 6) is 0.512. The highest BCUT2D eigenvalue weighted by Crippen LogP contribution is 2.29. The number of amides is 1. The van der Waals surface area contributed by atoms with Crippen molar-refractivity contribution in [3.05, 3.63) is 28.8 Å². The zero-order valence-corrected chi connectivity index (χ0v) is 18.2. The summed E-state index contributed by atoms with van der Waals surface area (Å²) < 4.78 is 30.6. The molecule has 1 aromatic rings. The van der Waals surface area contributed by atoms with Crippen molar-refractivity contribution in [1.29, 1.82) is 0 Å². The van der Waals surface area contributed by atoms with E-state index in [-0.39, 0.29) is 12.0 Å². The summed E-state index contributed by atoms with van der Waals surface area (Å²) in [6, 6.07) is 5.47. The Balaban J connectivity index is 1.61. The number of nitrogens with zero attached hydrogens (tertiary/aromatic N) is 3. The SMILES string of the molecule is CC1CN(C(=O)c2ccc(OC3CCN(S(C)(=O)=O)CC3)c(Cl)c2)CCN1C. The van der Waals surface area contributed by atoms with E-state index in [1.54, 1.807) is 18.2 Å². The highest BCUT2D eigenvalue weighted by atomic mass is 35.5. The van der Waals surface area contributed by atoms with Gasteiger partial charge in [0.1, 0.15) is 11.9 Å². The molecule has 0 bridgehead atoms. The van der Waals surface area contributed by atoms with Gasteiger partial charge in [0.15, 0.2) is 0 Å². The fraction of sp³-hybridized carbons (Fsp3) is 0.632. The highest BCUT2D eigenvalue weighted by Gasteiger charge is 2.28. The summed E-state index contributed by atoms with van der Waals surface area (Å²) in [4.78, 5) is 16.9. The summed E-state index contributed by atoms with van der Waals surface area (Å²) >= 11 is 6.37. The fourth-order valence-electron chi connectivity index (χ4n) is 3.61. The Kier molecular flexibility index (Phi) is 6.54. The Morgan fingerprint density at radius 2 is 1.86 bits per heavy atom. The molecule has 156 valence electrons. The summed E-state index contributed by atoms with van der Waals surface area (Å²) in [5, 5.41) is 0.401. The Bertz CT molecular complexity index is 824. The standard InChI is InChI=1S/C19H28ClN3O4S/c1-14-13-22(11-10-21(14)2)19(24)15-4-5-18(17(20)12-15)27-16-6-8-23(9-7-16)28(3,25)26/h4-5,12,14,16H,6-11,13H2,1-3H3. The van der Waals surface area contributed by atoms with Crippen molar-refractivity contribution < 1.29 is 17.9 Å². The molecule has 1 amide bonds. The number of hydrogen-bond donors (Lipinski definition) is 0. The molecule has 28 heavy (non-hydrogen) atoms. The summed E-state index contributed by atoms with van der Waals surface area (Å²) in [5.41, 5.74) is 0.556. The lowest BCUT2D eigenvalue weighted by atomic mass is 10.1. The molecule has 0 aromatic heterocycles. The number of carbonyl (C=O) groups is 1. The fourth-order valence-corrected chi connectivity index (χ4v) is 4.71. The number of benzene rings is 1. The molecule has 0 N–H and O–H groups in total.